The summed E-state index contributed by atoms with van der Waals surface area (Å²) < 4.78 is 0. The predicted octanol–water partition coefficient (Wildman–Crippen LogP) is 13.9. The van der Waals surface area contributed by atoms with E-state index < -0.39 is 5.92 Å². The first-order chi connectivity index (χ1) is 24.6. The molecule has 0 spiro atoms. The van der Waals surface area contributed by atoms with Gasteiger partial charge in [0.05, 0.1) is 0 Å². The van der Waals surface area contributed by atoms with Crippen LogP contribution in [-0.2, 0) is 23.9 Å². The third-order valence-corrected chi connectivity index (χ3v) is 18.6. The van der Waals surface area contributed by atoms with Crippen molar-refractivity contribution < 1.29 is 23.9 Å². The molecular formula is C48H55SiZr. The number of allylic oxidation sites excluding steroid dienone is 2. The zero-order chi connectivity index (χ0) is 34.0. The van der Waals surface area contributed by atoms with Gasteiger partial charge in [-0.05, 0) is 0 Å². The summed E-state index contributed by atoms with van der Waals surface area (Å²) in [7, 11) is 0. The third kappa shape index (κ3) is 6.98. The summed E-state index contributed by atoms with van der Waals surface area (Å²) in [5, 5.41) is 0. The first-order valence-corrected chi connectivity index (χ1v) is 26.7. The van der Waals surface area contributed by atoms with Crippen molar-refractivity contribution in [2.75, 3.05) is 0 Å². The topological polar surface area (TPSA) is 0 Å². The molecule has 2 heteroatoms. The van der Waals surface area contributed by atoms with Crippen molar-refractivity contribution in [3.05, 3.63) is 129 Å². The molecule has 50 heavy (non-hydrogen) atoms. The molecule has 8 rings (SSSR count). The fourth-order valence-electron chi connectivity index (χ4n) is 10.2. The van der Waals surface area contributed by atoms with Crippen molar-refractivity contribution in [2.45, 2.75) is 127 Å². The van der Waals surface area contributed by atoms with Crippen LogP contribution < -0.4 is 0 Å². The molecular weight excluding hydrogens is 696 g/mol. The van der Waals surface area contributed by atoms with Crippen LogP contribution in [-0.4, -0.2) is 5.92 Å². The Morgan fingerprint density at radius 3 is 1.30 bits per heavy atom. The standard InChI is InChI=1S/C48H55Si.Zr/c1-3-33-29-45-41(39-25-21-37(22-26-39)35-13-7-5-8-14-35)17-11-19-43(45)47(33)31-49-32-48-34(4-2)30-46-42(18-12-20-44(46)48)40-27-23-38(24-28-40)36-15-9-6-10-16-36;/h11-12,17-30,35-36,47-49H,3-10,13-16,31-32H2,1-2H3;. The van der Waals surface area contributed by atoms with E-state index in [1.165, 1.54) is 110 Å². The summed E-state index contributed by atoms with van der Waals surface area (Å²) in [6.45, 7) is 4.77. The number of fused-ring (bicyclic) bond motifs is 2. The fourth-order valence-corrected chi connectivity index (χ4v) is 16.2. The van der Waals surface area contributed by atoms with Crippen LogP contribution in [0.1, 0.15) is 148 Å². The van der Waals surface area contributed by atoms with Crippen LogP contribution in [0, 0.1) is 0 Å². The minimum absolute atomic E-state index is 0.608. The van der Waals surface area contributed by atoms with E-state index in [9.17, 15) is 0 Å². The van der Waals surface area contributed by atoms with E-state index in [0.717, 1.165) is 24.7 Å². The monoisotopic (exact) mass is 749 g/mol. The van der Waals surface area contributed by atoms with Gasteiger partial charge in [0.1, 0.15) is 0 Å². The summed E-state index contributed by atoms with van der Waals surface area (Å²) in [5.74, 6) is 1.80. The zero-order valence-corrected chi connectivity index (χ0v) is 34.1. The maximum atomic E-state index is 2.59. The second-order valence-corrected chi connectivity index (χ2v) is 24.3. The Kier molecular flexibility index (Phi) is 10.8. The number of hydrogen-bond donors (Lipinski definition) is 0. The van der Waals surface area contributed by atoms with Gasteiger partial charge in [-0.15, -0.1) is 0 Å². The molecule has 0 bridgehead atoms. The van der Waals surface area contributed by atoms with Crippen molar-refractivity contribution >= 4 is 18.1 Å². The van der Waals surface area contributed by atoms with E-state index in [1.807, 2.05) is 23.9 Å². The molecule has 0 aromatic heterocycles. The first kappa shape index (κ1) is 34.5. The van der Waals surface area contributed by atoms with Crippen molar-refractivity contribution in [2.24, 2.45) is 0 Å². The number of rotatable bonds is 10. The minimum atomic E-state index is -0.949. The van der Waals surface area contributed by atoms with Gasteiger partial charge in [0.15, 0.2) is 0 Å². The van der Waals surface area contributed by atoms with Crippen LogP contribution in [0.3, 0.4) is 0 Å². The van der Waals surface area contributed by atoms with Gasteiger partial charge >= 0.3 is 282 Å². The van der Waals surface area contributed by atoms with E-state index in [2.05, 4.69) is 111 Å². The van der Waals surface area contributed by atoms with Crippen molar-refractivity contribution in [3.8, 4) is 22.3 Å². The molecule has 4 aromatic carbocycles. The third-order valence-electron chi connectivity index (χ3n) is 13.0. The van der Waals surface area contributed by atoms with Gasteiger partial charge in [0, 0.05) is 0 Å². The van der Waals surface area contributed by atoms with Crippen molar-refractivity contribution in [3.63, 3.8) is 0 Å². The van der Waals surface area contributed by atoms with E-state index in [1.54, 1.807) is 33.4 Å². The van der Waals surface area contributed by atoms with Gasteiger partial charge in [-0.25, -0.2) is 0 Å². The summed E-state index contributed by atoms with van der Waals surface area (Å²) in [6.07, 6.45) is 21.4. The van der Waals surface area contributed by atoms with Gasteiger partial charge in [0.2, 0.25) is 0 Å². The van der Waals surface area contributed by atoms with Crippen LogP contribution in [0.25, 0.3) is 34.4 Å². The molecule has 0 aliphatic heterocycles. The maximum absolute atomic E-state index is 2.59. The average molecular weight is 751 g/mol. The van der Waals surface area contributed by atoms with Gasteiger partial charge < -0.3 is 0 Å². The second-order valence-electron chi connectivity index (χ2n) is 15.9. The predicted molar refractivity (Wildman–Crippen MR) is 214 cm³/mol. The van der Waals surface area contributed by atoms with Crippen LogP contribution >= 0.6 is 0 Å². The molecule has 2 unspecified atom stereocenters. The SMILES string of the molecule is CCC1=Cc2c(-c3ccc(C4CCCCC4)cc3)cccc2C1C[SiH]([Zr])CC1C(CC)=Cc2c(-c3ccc(C4CCCCC4)cc3)cccc21. The summed E-state index contributed by atoms with van der Waals surface area (Å²) in [5.41, 5.74) is 18.3. The van der Waals surface area contributed by atoms with Crippen LogP contribution in [0.15, 0.2) is 96.1 Å². The molecule has 0 heterocycles. The fraction of sp³-hybridized carbons (Fsp3) is 0.417. The molecule has 4 aromatic rings. The van der Waals surface area contributed by atoms with E-state index in [4.69, 9.17) is 0 Å². The second kappa shape index (κ2) is 15.6. The van der Waals surface area contributed by atoms with Gasteiger partial charge in [-0.2, -0.15) is 0 Å². The summed E-state index contributed by atoms with van der Waals surface area (Å²) in [4.78, 5) is 0. The molecule has 0 amide bonds. The molecule has 0 nitrogen and oxygen atoms in total. The number of benzene rings is 4. The summed E-state index contributed by atoms with van der Waals surface area (Å²) >= 11 is 1.82. The Morgan fingerprint density at radius 1 is 0.520 bits per heavy atom. The summed E-state index contributed by atoms with van der Waals surface area (Å²) in [6, 6.07) is 36.6. The quantitative estimate of drug-likeness (QED) is 0.142. The van der Waals surface area contributed by atoms with Crippen molar-refractivity contribution in [1.82, 2.24) is 0 Å². The number of hydrogen-bond acceptors (Lipinski definition) is 0. The first-order valence-electron chi connectivity index (χ1n) is 20.2. The van der Waals surface area contributed by atoms with Gasteiger partial charge in [-0.1, -0.05) is 38.5 Å². The van der Waals surface area contributed by atoms with E-state index in [-0.39, 0.29) is 0 Å². The van der Waals surface area contributed by atoms with Gasteiger partial charge in [0.25, 0.3) is 0 Å². The average Bonchev–Trinajstić information content (AvgIpc) is 3.73. The zero-order valence-electron chi connectivity index (χ0n) is 30.5. The van der Waals surface area contributed by atoms with Crippen LogP contribution in [0.4, 0.5) is 0 Å². The van der Waals surface area contributed by atoms with Crippen LogP contribution in [0.5, 0.6) is 0 Å². The Bertz CT molecular complexity index is 1710. The Hall–Kier alpha value is -2.54. The van der Waals surface area contributed by atoms with Crippen LogP contribution in [0.2, 0.25) is 12.1 Å². The molecule has 0 radical (unpaired) electrons. The molecule has 2 atom stereocenters. The molecule has 255 valence electrons. The molecule has 4 aliphatic carbocycles. The van der Waals surface area contributed by atoms with E-state index in [0.29, 0.717) is 11.8 Å². The van der Waals surface area contributed by atoms with E-state index >= 15 is 0 Å². The molecule has 4 aliphatic rings. The Morgan fingerprint density at radius 2 is 0.920 bits per heavy atom. The molecule has 0 N–H and O–H groups in total. The molecule has 2 saturated carbocycles. The normalized spacial score (nSPS) is 21.4. The Labute approximate surface area is 318 Å². The van der Waals surface area contributed by atoms with Gasteiger partial charge in [-0.3, -0.25) is 0 Å². The molecule has 2 fully saturated rings. The molecule has 0 saturated heterocycles. The van der Waals surface area contributed by atoms with Crippen molar-refractivity contribution in [1.29, 1.82) is 0 Å². The Balaban J connectivity index is 1.00.